The summed E-state index contributed by atoms with van der Waals surface area (Å²) in [5, 5.41) is 9.44. The number of ether oxygens (including phenoxy) is 3. The Bertz CT molecular complexity index is 1240. The lowest BCUT2D eigenvalue weighted by atomic mass is 10.1. The molecule has 0 unspecified atom stereocenters. The first-order valence-corrected chi connectivity index (χ1v) is 11.2. The molecule has 0 spiro atoms. The molecule has 0 N–H and O–H groups in total. The van der Waals surface area contributed by atoms with Crippen LogP contribution in [0.5, 0.6) is 17.2 Å². The first-order chi connectivity index (χ1) is 16.1. The number of carbonyl (C=O) groups excluding carboxylic acids is 1. The molecule has 168 valence electrons. The minimum atomic E-state index is -0.00192. The number of nitrogens with zero attached hydrogens (tertiary/aromatic N) is 3. The van der Waals surface area contributed by atoms with E-state index in [-0.39, 0.29) is 11.5 Å². The number of ketones is 1. The summed E-state index contributed by atoms with van der Waals surface area (Å²) in [6.45, 7) is 0. The number of hydrogen-bond acceptors (Lipinski definition) is 7. The number of Topliss-reactive ketones (excluding diaryl/α,β-unsaturated/α-hetero) is 1. The number of thioether (sulfide) groups is 1. The average molecular weight is 462 g/mol. The maximum atomic E-state index is 12.7. The van der Waals surface area contributed by atoms with Gasteiger partial charge in [0, 0.05) is 16.8 Å². The average Bonchev–Trinajstić information content (AvgIpc) is 3.31. The summed E-state index contributed by atoms with van der Waals surface area (Å²) in [5.74, 6) is 2.80. The molecule has 0 aliphatic carbocycles. The van der Waals surface area contributed by atoms with Crippen LogP contribution < -0.4 is 14.2 Å². The normalized spacial score (nSPS) is 10.6. The molecule has 1 heterocycles. The molecule has 33 heavy (non-hydrogen) atoms. The van der Waals surface area contributed by atoms with Crippen LogP contribution in [0.1, 0.15) is 10.4 Å². The summed E-state index contributed by atoms with van der Waals surface area (Å²) in [6.07, 6.45) is 0. The van der Waals surface area contributed by atoms with Gasteiger partial charge >= 0.3 is 0 Å². The third-order valence-corrected chi connectivity index (χ3v) is 5.96. The summed E-state index contributed by atoms with van der Waals surface area (Å²) in [5.41, 5.74) is 2.33. The SMILES string of the molecule is COc1ccc(C(=O)CSc2nnc(-c3ccc(OC)c(OC)c3)n2-c2ccccc2)cc1. The van der Waals surface area contributed by atoms with E-state index >= 15 is 0 Å². The van der Waals surface area contributed by atoms with Crippen LogP contribution in [0.2, 0.25) is 0 Å². The zero-order chi connectivity index (χ0) is 23.2. The van der Waals surface area contributed by atoms with Gasteiger partial charge < -0.3 is 14.2 Å². The van der Waals surface area contributed by atoms with Crippen LogP contribution in [0.3, 0.4) is 0 Å². The van der Waals surface area contributed by atoms with Crippen molar-refractivity contribution in [1.82, 2.24) is 14.8 Å². The van der Waals surface area contributed by atoms with E-state index in [1.807, 2.05) is 53.1 Å². The summed E-state index contributed by atoms with van der Waals surface area (Å²) < 4.78 is 17.9. The molecule has 4 rings (SSSR count). The largest absolute Gasteiger partial charge is 0.497 e. The predicted molar refractivity (Wildman–Crippen MR) is 128 cm³/mol. The number of rotatable bonds is 9. The van der Waals surface area contributed by atoms with Crippen LogP contribution >= 0.6 is 11.8 Å². The van der Waals surface area contributed by atoms with E-state index in [9.17, 15) is 4.79 Å². The highest BCUT2D eigenvalue weighted by Gasteiger charge is 2.19. The Morgan fingerprint density at radius 1 is 0.848 bits per heavy atom. The quantitative estimate of drug-likeness (QED) is 0.258. The van der Waals surface area contributed by atoms with E-state index in [1.54, 1.807) is 45.6 Å². The maximum absolute atomic E-state index is 12.7. The molecule has 0 radical (unpaired) electrons. The first kappa shape index (κ1) is 22.4. The standard InChI is InChI=1S/C25H23N3O4S/c1-30-20-12-9-17(10-13-20)21(29)16-33-25-27-26-24(28(25)19-7-5-4-6-8-19)18-11-14-22(31-2)23(15-18)32-3/h4-15H,16H2,1-3H3. The van der Waals surface area contributed by atoms with E-state index in [2.05, 4.69) is 10.2 Å². The lowest BCUT2D eigenvalue weighted by Crippen LogP contribution is -2.05. The maximum Gasteiger partial charge on any atom is 0.196 e. The summed E-state index contributed by atoms with van der Waals surface area (Å²) in [4.78, 5) is 12.7. The van der Waals surface area contributed by atoms with E-state index < -0.39 is 0 Å². The number of carbonyl (C=O) groups is 1. The number of methoxy groups -OCH3 is 3. The van der Waals surface area contributed by atoms with E-state index in [4.69, 9.17) is 14.2 Å². The Hall–Kier alpha value is -3.78. The minimum Gasteiger partial charge on any atom is -0.497 e. The van der Waals surface area contributed by atoms with Crippen LogP contribution in [-0.2, 0) is 0 Å². The molecule has 4 aromatic rings. The van der Waals surface area contributed by atoms with Gasteiger partial charge in [-0.2, -0.15) is 0 Å². The molecule has 0 aliphatic heterocycles. The van der Waals surface area contributed by atoms with Crippen molar-refractivity contribution in [1.29, 1.82) is 0 Å². The molecular weight excluding hydrogens is 438 g/mol. The van der Waals surface area contributed by atoms with Crippen molar-refractivity contribution >= 4 is 17.5 Å². The van der Waals surface area contributed by atoms with Crippen molar-refractivity contribution in [3.63, 3.8) is 0 Å². The number of benzene rings is 3. The Balaban J connectivity index is 1.66. The van der Waals surface area contributed by atoms with Gasteiger partial charge in [-0.05, 0) is 54.6 Å². The molecule has 0 atom stereocenters. The van der Waals surface area contributed by atoms with E-state index in [0.29, 0.717) is 33.8 Å². The second-order valence-electron chi connectivity index (χ2n) is 6.99. The fourth-order valence-electron chi connectivity index (χ4n) is 3.33. The van der Waals surface area contributed by atoms with E-state index in [1.165, 1.54) is 11.8 Å². The Morgan fingerprint density at radius 2 is 1.58 bits per heavy atom. The van der Waals surface area contributed by atoms with Gasteiger partial charge in [-0.25, -0.2) is 0 Å². The van der Waals surface area contributed by atoms with Gasteiger partial charge in [0.25, 0.3) is 0 Å². The summed E-state index contributed by atoms with van der Waals surface area (Å²) in [6, 6.07) is 22.5. The fraction of sp³-hybridized carbons (Fsp3) is 0.160. The number of hydrogen-bond donors (Lipinski definition) is 0. The van der Waals surface area contributed by atoms with Gasteiger partial charge in [0.05, 0.1) is 27.1 Å². The molecule has 0 amide bonds. The molecule has 8 heteroatoms. The van der Waals surface area contributed by atoms with E-state index in [0.717, 1.165) is 11.3 Å². The molecule has 7 nitrogen and oxygen atoms in total. The minimum absolute atomic E-state index is 0.00192. The van der Waals surface area contributed by atoms with Crippen molar-refractivity contribution < 1.29 is 19.0 Å². The van der Waals surface area contributed by atoms with Gasteiger partial charge in [0.1, 0.15) is 5.75 Å². The molecule has 0 aliphatic rings. The van der Waals surface area contributed by atoms with Crippen LogP contribution in [0.25, 0.3) is 17.1 Å². The van der Waals surface area contributed by atoms with Gasteiger partial charge in [0.15, 0.2) is 28.3 Å². The highest BCUT2D eigenvalue weighted by atomic mass is 32.2. The molecule has 0 fully saturated rings. The van der Waals surface area contributed by atoms with Crippen molar-refractivity contribution in [2.75, 3.05) is 27.1 Å². The number of para-hydroxylation sites is 1. The second kappa shape index (κ2) is 10.2. The Labute approximate surface area is 196 Å². The highest BCUT2D eigenvalue weighted by molar-refractivity contribution is 7.99. The smallest absolute Gasteiger partial charge is 0.196 e. The molecule has 3 aromatic carbocycles. The van der Waals surface area contributed by atoms with Gasteiger partial charge in [0.2, 0.25) is 0 Å². The van der Waals surface area contributed by atoms with Crippen LogP contribution in [0, 0.1) is 0 Å². The monoisotopic (exact) mass is 461 g/mol. The third-order valence-electron chi connectivity index (χ3n) is 5.03. The molecule has 0 saturated heterocycles. The summed E-state index contributed by atoms with van der Waals surface area (Å²) in [7, 11) is 4.78. The lowest BCUT2D eigenvalue weighted by Gasteiger charge is -2.12. The van der Waals surface area contributed by atoms with Crippen LogP contribution in [0.4, 0.5) is 0 Å². The van der Waals surface area contributed by atoms with Gasteiger partial charge in [-0.1, -0.05) is 30.0 Å². The second-order valence-corrected chi connectivity index (χ2v) is 7.93. The third kappa shape index (κ3) is 4.85. The van der Waals surface area contributed by atoms with Crippen LogP contribution in [0.15, 0.2) is 78.0 Å². The van der Waals surface area contributed by atoms with Gasteiger partial charge in [-0.15, -0.1) is 10.2 Å². The topological polar surface area (TPSA) is 75.5 Å². The Morgan fingerprint density at radius 3 is 2.24 bits per heavy atom. The first-order valence-electron chi connectivity index (χ1n) is 10.2. The highest BCUT2D eigenvalue weighted by Crippen LogP contribution is 2.34. The molecule has 0 saturated carbocycles. The van der Waals surface area contributed by atoms with Crippen molar-refractivity contribution in [2.45, 2.75) is 5.16 Å². The van der Waals surface area contributed by atoms with Crippen molar-refractivity contribution in [3.05, 3.63) is 78.4 Å². The molecule has 0 bridgehead atoms. The lowest BCUT2D eigenvalue weighted by molar-refractivity contribution is 0.102. The molecule has 1 aromatic heterocycles. The fourth-order valence-corrected chi connectivity index (χ4v) is 4.17. The van der Waals surface area contributed by atoms with Crippen LogP contribution in [-0.4, -0.2) is 47.6 Å². The summed E-state index contributed by atoms with van der Waals surface area (Å²) >= 11 is 1.34. The predicted octanol–water partition coefficient (Wildman–Crippen LogP) is 4.94. The van der Waals surface area contributed by atoms with Gasteiger partial charge in [-0.3, -0.25) is 9.36 Å². The van der Waals surface area contributed by atoms with Crippen molar-refractivity contribution in [2.24, 2.45) is 0 Å². The molecular formula is C25H23N3O4S. The Kier molecular flexibility index (Phi) is 6.95. The zero-order valence-electron chi connectivity index (χ0n) is 18.5. The number of aromatic nitrogens is 3. The van der Waals surface area contributed by atoms with Crippen molar-refractivity contribution in [3.8, 4) is 34.3 Å². The zero-order valence-corrected chi connectivity index (χ0v) is 19.3.